The predicted octanol–water partition coefficient (Wildman–Crippen LogP) is 3.45. The van der Waals surface area contributed by atoms with E-state index in [9.17, 15) is 9.18 Å². The third-order valence-corrected chi connectivity index (χ3v) is 3.10. The summed E-state index contributed by atoms with van der Waals surface area (Å²) in [6, 6.07) is 3.94. The van der Waals surface area contributed by atoms with Crippen LogP contribution in [-0.2, 0) is 0 Å². The van der Waals surface area contributed by atoms with Gasteiger partial charge in [0.25, 0.3) is 5.91 Å². The summed E-state index contributed by atoms with van der Waals surface area (Å²) in [7, 11) is 0. The number of hydrogen-bond donors (Lipinski definition) is 1. The van der Waals surface area contributed by atoms with Crippen molar-refractivity contribution in [3.63, 3.8) is 0 Å². The van der Waals surface area contributed by atoms with E-state index in [0.717, 1.165) is 25.7 Å². The van der Waals surface area contributed by atoms with Gasteiger partial charge in [0.15, 0.2) is 0 Å². The summed E-state index contributed by atoms with van der Waals surface area (Å²) in [5, 5.41) is 0. The number of rotatable bonds is 7. The molecule has 0 spiro atoms. The summed E-state index contributed by atoms with van der Waals surface area (Å²) in [4.78, 5) is 14.2. The fourth-order valence-electron chi connectivity index (χ4n) is 1.90. The Morgan fingerprint density at radius 2 is 1.79 bits per heavy atom. The molecule has 1 amide bonds. The molecule has 4 heteroatoms. The van der Waals surface area contributed by atoms with Gasteiger partial charge in [-0.05, 0) is 31.0 Å². The van der Waals surface area contributed by atoms with E-state index < -0.39 is 5.82 Å². The number of carbonyl (C=O) groups excluding carboxylic acids is 1. The molecule has 0 aliphatic rings. The van der Waals surface area contributed by atoms with Crippen LogP contribution in [0.25, 0.3) is 0 Å². The van der Waals surface area contributed by atoms with E-state index in [0.29, 0.717) is 18.8 Å². The molecular formula is C15H23FN2O. The van der Waals surface area contributed by atoms with Crippen LogP contribution in [0, 0.1) is 5.82 Å². The predicted molar refractivity (Wildman–Crippen MR) is 76.5 cm³/mol. The van der Waals surface area contributed by atoms with E-state index >= 15 is 0 Å². The SMILES string of the molecule is CCCCN(CCCC)C(=O)c1cc(F)ccc1N. The Hall–Kier alpha value is -1.58. The van der Waals surface area contributed by atoms with Crippen LogP contribution >= 0.6 is 0 Å². The van der Waals surface area contributed by atoms with Gasteiger partial charge < -0.3 is 10.6 Å². The van der Waals surface area contributed by atoms with Crippen LogP contribution in [0.3, 0.4) is 0 Å². The average Bonchev–Trinajstić information content (AvgIpc) is 2.41. The van der Waals surface area contributed by atoms with Crippen molar-refractivity contribution in [2.24, 2.45) is 0 Å². The number of carbonyl (C=O) groups is 1. The first kappa shape index (κ1) is 15.5. The van der Waals surface area contributed by atoms with Crippen molar-refractivity contribution in [1.82, 2.24) is 4.90 Å². The summed E-state index contributed by atoms with van der Waals surface area (Å²) in [5.74, 6) is -0.595. The Kier molecular flexibility index (Phi) is 6.33. The zero-order valence-electron chi connectivity index (χ0n) is 11.8. The highest BCUT2D eigenvalue weighted by Crippen LogP contribution is 2.16. The molecule has 0 heterocycles. The summed E-state index contributed by atoms with van der Waals surface area (Å²) < 4.78 is 13.2. The second kappa shape index (κ2) is 7.77. The standard InChI is InChI=1S/C15H23FN2O/c1-3-5-9-18(10-6-4-2)15(19)13-11-12(16)7-8-14(13)17/h7-8,11H,3-6,9-10,17H2,1-2H3. The number of nitrogens with zero attached hydrogens (tertiary/aromatic N) is 1. The van der Waals surface area contributed by atoms with Crippen LogP contribution in [0.2, 0.25) is 0 Å². The summed E-state index contributed by atoms with van der Waals surface area (Å²) in [6.45, 7) is 5.56. The van der Waals surface area contributed by atoms with Gasteiger partial charge in [-0.2, -0.15) is 0 Å². The zero-order valence-corrected chi connectivity index (χ0v) is 11.8. The number of hydrogen-bond acceptors (Lipinski definition) is 2. The minimum Gasteiger partial charge on any atom is -0.398 e. The van der Waals surface area contributed by atoms with Crippen molar-refractivity contribution in [3.05, 3.63) is 29.6 Å². The number of halogens is 1. The highest BCUT2D eigenvalue weighted by atomic mass is 19.1. The number of amides is 1. The monoisotopic (exact) mass is 266 g/mol. The first-order chi connectivity index (χ1) is 9.10. The topological polar surface area (TPSA) is 46.3 Å². The van der Waals surface area contributed by atoms with E-state index in [1.54, 1.807) is 4.90 Å². The molecule has 1 rings (SSSR count). The van der Waals surface area contributed by atoms with Gasteiger partial charge in [0.05, 0.1) is 5.56 Å². The molecule has 0 saturated heterocycles. The van der Waals surface area contributed by atoms with Gasteiger partial charge in [-0.15, -0.1) is 0 Å². The van der Waals surface area contributed by atoms with Crippen LogP contribution in [0.5, 0.6) is 0 Å². The van der Waals surface area contributed by atoms with Gasteiger partial charge in [0, 0.05) is 18.8 Å². The number of nitrogens with two attached hydrogens (primary N) is 1. The molecule has 2 N–H and O–H groups in total. The average molecular weight is 266 g/mol. The van der Waals surface area contributed by atoms with E-state index in [4.69, 9.17) is 5.73 Å². The molecular weight excluding hydrogens is 243 g/mol. The van der Waals surface area contributed by atoms with Crippen LogP contribution in [0.4, 0.5) is 10.1 Å². The normalized spacial score (nSPS) is 10.5. The van der Waals surface area contributed by atoms with Crippen molar-refractivity contribution in [2.75, 3.05) is 18.8 Å². The lowest BCUT2D eigenvalue weighted by Gasteiger charge is -2.23. The second-order valence-electron chi connectivity index (χ2n) is 4.73. The molecule has 1 aromatic rings. The van der Waals surface area contributed by atoms with E-state index in [-0.39, 0.29) is 11.5 Å². The van der Waals surface area contributed by atoms with Gasteiger partial charge in [0.1, 0.15) is 5.82 Å². The molecule has 0 saturated carbocycles. The first-order valence-corrected chi connectivity index (χ1v) is 6.94. The maximum Gasteiger partial charge on any atom is 0.256 e. The third-order valence-electron chi connectivity index (χ3n) is 3.10. The lowest BCUT2D eigenvalue weighted by atomic mass is 10.1. The molecule has 0 aliphatic carbocycles. The smallest absolute Gasteiger partial charge is 0.256 e. The molecule has 0 radical (unpaired) electrons. The molecule has 0 aromatic heterocycles. The Labute approximate surface area is 114 Å². The zero-order chi connectivity index (χ0) is 14.3. The number of benzene rings is 1. The number of unbranched alkanes of at least 4 members (excludes halogenated alkanes) is 2. The maximum absolute atomic E-state index is 13.2. The van der Waals surface area contributed by atoms with Crippen molar-refractivity contribution in [1.29, 1.82) is 0 Å². The molecule has 106 valence electrons. The molecule has 0 aliphatic heterocycles. The molecule has 19 heavy (non-hydrogen) atoms. The van der Waals surface area contributed by atoms with Crippen molar-refractivity contribution in [3.8, 4) is 0 Å². The second-order valence-corrected chi connectivity index (χ2v) is 4.73. The maximum atomic E-state index is 13.2. The van der Waals surface area contributed by atoms with Gasteiger partial charge >= 0.3 is 0 Å². The van der Waals surface area contributed by atoms with Gasteiger partial charge in [-0.25, -0.2) is 4.39 Å². The van der Waals surface area contributed by atoms with E-state index in [1.807, 2.05) is 0 Å². The first-order valence-electron chi connectivity index (χ1n) is 6.94. The largest absolute Gasteiger partial charge is 0.398 e. The molecule has 1 aromatic carbocycles. The van der Waals surface area contributed by atoms with Crippen molar-refractivity contribution < 1.29 is 9.18 Å². The lowest BCUT2D eigenvalue weighted by Crippen LogP contribution is -2.33. The van der Waals surface area contributed by atoms with Crippen molar-refractivity contribution in [2.45, 2.75) is 39.5 Å². The summed E-state index contributed by atoms with van der Waals surface area (Å²) >= 11 is 0. The summed E-state index contributed by atoms with van der Waals surface area (Å²) in [6.07, 6.45) is 3.94. The molecule has 0 unspecified atom stereocenters. The Balaban J connectivity index is 2.87. The molecule has 0 bridgehead atoms. The quantitative estimate of drug-likeness (QED) is 0.768. The van der Waals surface area contributed by atoms with Gasteiger partial charge in [-0.1, -0.05) is 26.7 Å². The van der Waals surface area contributed by atoms with Gasteiger partial charge in [-0.3, -0.25) is 4.79 Å². The third kappa shape index (κ3) is 4.54. The van der Waals surface area contributed by atoms with E-state index in [1.165, 1.54) is 18.2 Å². The molecule has 0 atom stereocenters. The molecule has 0 fully saturated rings. The van der Waals surface area contributed by atoms with E-state index in [2.05, 4.69) is 13.8 Å². The van der Waals surface area contributed by atoms with Gasteiger partial charge in [0.2, 0.25) is 0 Å². The Morgan fingerprint density at radius 3 is 2.32 bits per heavy atom. The van der Waals surface area contributed by atoms with Crippen LogP contribution in [0.1, 0.15) is 49.9 Å². The van der Waals surface area contributed by atoms with Crippen molar-refractivity contribution >= 4 is 11.6 Å². The fraction of sp³-hybridized carbons (Fsp3) is 0.533. The number of nitrogen functional groups attached to an aromatic ring is 1. The summed E-state index contributed by atoms with van der Waals surface area (Å²) in [5.41, 5.74) is 6.38. The van der Waals surface area contributed by atoms with Crippen LogP contribution in [-0.4, -0.2) is 23.9 Å². The highest BCUT2D eigenvalue weighted by Gasteiger charge is 2.17. The number of anilines is 1. The Morgan fingerprint density at radius 1 is 1.21 bits per heavy atom. The molecule has 3 nitrogen and oxygen atoms in total. The lowest BCUT2D eigenvalue weighted by molar-refractivity contribution is 0.0751. The minimum atomic E-state index is -0.427. The minimum absolute atomic E-state index is 0.168. The van der Waals surface area contributed by atoms with Crippen LogP contribution < -0.4 is 5.73 Å². The highest BCUT2D eigenvalue weighted by molar-refractivity contribution is 5.99. The Bertz CT molecular complexity index is 413. The fourth-order valence-corrected chi connectivity index (χ4v) is 1.90. The van der Waals surface area contributed by atoms with Crippen LogP contribution in [0.15, 0.2) is 18.2 Å².